The first kappa shape index (κ1) is 17.9. The van der Waals surface area contributed by atoms with Gasteiger partial charge in [-0.1, -0.05) is 23.7 Å². The molecule has 0 radical (unpaired) electrons. The molecule has 1 aliphatic heterocycles. The van der Waals surface area contributed by atoms with Crippen LogP contribution in [0.1, 0.15) is 27.7 Å². The minimum atomic E-state index is 0.142. The SMILES string of the molecule is N#Cc1nccnc1NCC(c1ccc(Cl)cc1)N1CCc2sccc2C1. The fourth-order valence-electron chi connectivity index (χ4n) is 3.42. The first-order valence-electron chi connectivity index (χ1n) is 8.74. The zero-order chi connectivity index (χ0) is 18.6. The van der Waals surface area contributed by atoms with E-state index in [9.17, 15) is 5.26 Å². The van der Waals surface area contributed by atoms with E-state index in [-0.39, 0.29) is 6.04 Å². The molecule has 4 rings (SSSR count). The summed E-state index contributed by atoms with van der Waals surface area (Å²) in [6, 6.07) is 12.4. The molecule has 3 heterocycles. The van der Waals surface area contributed by atoms with Gasteiger partial charge in [0.15, 0.2) is 11.5 Å². The van der Waals surface area contributed by atoms with E-state index in [1.807, 2.05) is 23.5 Å². The van der Waals surface area contributed by atoms with Crippen LogP contribution in [0.3, 0.4) is 0 Å². The van der Waals surface area contributed by atoms with Crippen molar-refractivity contribution in [2.24, 2.45) is 0 Å². The first-order valence-corrected chi connectivity index (χ1v) is 10.00. The van der Waals surface area contributed by atoms with E-state index in [4.69, 9.17) is 11.6 Å². The molecule has 0 spiro atoms. The van der Waals surface area contributed by atoms with Crippen molar-refractivity contribution in [1.82, 2.24) is 14.9 Å². The average molecular weight is 396 g/mol. The molecule has 1 N–H and O–H groups in total. The first-order chi connectivity index (χ1) is 13.2. The topological polar surface area (TPSA) is 64.8 Å². The highest BCUT2D eigenvalue weighted by Crippen LogP contribution is 2.31. The molecular weight excluding hydrogens is 378 g/mol. The third-order valence-corrected chi connectivity index (χ3v) is 6.07. The highest BCUT2D eigenvalue weighted by molar-refractivity contribution is 7.10. The number of halogens is 1. The number of benzene rings is 1. The van der Waals surface area contributed by atoms with Gasteiger partial charge in [-0.2, -0.15) is 5.26 Å². The Morgan fingerprint density at radius 2 is 2.04 bits per heavy atom. The maximum absolute atomic E-state index is 9.25. The van der Waals surface area contributed by atoms with Gasteiger partial charge in [0.25, 0.3) is 0 Å². The number of rotatable bonds is 5. The molecule has 5 nitrogen and oxygen atoms in total. The van der Waals surface area contributed by atoms with E-state index in [2.05, 4.69) is 49.8 Å². The van der Waals surface area contributed by atoms with Crippen molar-refractivity contribution in [1.29, 1.82) is 5.26 Å². The average Bonchev–Trinajstić information content (AvgIpc) is 3.18. The number of nitrogens with one attached hydrogen (secondary N) is 1. The van der Waals surface area contributed by atoms with Crippen LogP contribution < -0.4 is 5.32 Å². The molecule has 0 fully saturated rings. The summed E-state index contributed by atoms with van der Waals surface area (Å²) in [7, 11) is 0. The Morgan fingerprint density at radius 1 is 1.22 bits per heavy atom. The van der Waals surface area contributed by atoms with Crippen molar-refractivity contribution in [3.8, 4) is 6.07 Å². The third kappa shape index (κ3) is 3.96. The Kier molecular flexibility index (Phi) is 5.35. The van der Waals surface area contributed by atoms with Crippen LogP contribution in [0, 0.1) is 11.3 Å². The van der Waals surface area contributed by atoms with Gasteiger partial charge in [-0.05, 0) is 41.1 Å². The number of nitrogens with zero attached hydrogens (tertiary/aromatic N) is 4. The number of anilines is 1. The third-order valence-electron chi connectivity index (χ3n) is 4.80. The predicted molar refractivity (Wildman–Crippen MR) is 108 cm³/mol. The largest absolute Gasteiger partial charge is 0.366 e. The molecule has 136 valence electrons. The van der Waals surface area contributed by atoms with E-state index in [1.54, 1.807) is 6.20 Å². The summed E-state index contributed by atoms with van der Waals surface area (Å²) in [6.45, 7) is 2.54. The van der Waals surface area contributed by atoms with Gasteiger partial charge >= 0.3 is 0 Å². The number of thiophene rings is 1. The molecule has 1 atom stereocenters. The van der Waals surface area contributed by atoms with Crippen molar-refractivity contribution in [2.45, 2.75) is 19.0 Å². The minimum absolute atomic E-state index is 0.142. The van der Waals surface area contributed by atoms with Crippen LogP contribution in [0.25, 0.3) is 0 Å². The van der Waals surface area contributed by atoms with Gasteiger partial charge in [-0.3, -0.25) is 4.90 Å². The van der Waals surface area contributed by atoms with Crippen molar-refractivity contribution >= 4 is 28.8 Å². The highest BCUT2D eigenvalue weighted by Gasteiger charge is 2.25. The van der Waals surface area contributed by atoms with E-state index in [0.29, 0.717) is 18.1 Å². The molecule has 0 amide bonds. The van der Waals surface area contributed by atoms with Crippen molar-refractivity contribution in [3.05, 3.63) is 74.8 Å². The molecular formula is C20H18ClN5S. The molecule has 1 unspecified atom stereocenters. The van der Waals surface area contributed by atoms with Crippen molar-refractivity contribution in [3.63, 3.8) is 0 Å². The molecule has 0 saturated carbocycles. The lowest BCUT2D eigenvalue weighted by atomic mass is 10.0. The second-order valence-corrected chi connectivity index (χ2v) is 7.84. The summed E-state index contributed by atoms with van der Waals surface area (Å²) in [4.78, 5) is 12.3. The molecule has 1 aromatic carbocycles. The molecule has 27 heavy (non-hydrogen) atoms. The van der Waals surface area contributed by atoms with E-state index < -0.39 is 0 Å². The smallest absolute Gasteiger partial charge is 0.182 e. The van der Waals surface area contributed by atoms with E-state index >= 15 is 0 Å². The maximum Gasteiger partial charge on any atom is 0.182 e. The number of fused-ring (bicyclic) bond motifs is 1. The molecule has 3 aromatic rings. The fourth-order valence-corrected chi connectivity index (χ4v) is 4.44. The second-order valence-electron chi connectivity index (χ2n) is 6.40. The number of aromatic nitrogens is 2. The Labute approximate surface area is 167 Å². The summed E-state index contributed by atoms with van der Waals surface area (Å²) in [5.41, 5.74) is 2.90. The van der Waals surface area contributed by atoms with Crippen LogP contribution in [-0.2, 0) is 13.0 Å². The highest BCUT2D eigenvalue weighted by atomic mass is 35.5. The van der Waals surface area contributed by atoms with Gasteiger partial charge in [0.05, 0.1) is 6.04 Å². The summed E-state index contributed by atoms with van der Waals surface area (Å²) in [6.07, 6.45) is 4.19. The fraction of sp³-hybridized carbons (Fsp3) is 0.250. The molecule has 1 aliphatic rings. The van der Waals surface area contributed by atoms with Gasteiger partial charge in [-0.25, -0.2) is 9.97 Å². The Balaban J connectivity index is 1.59. The van der Waals surface area contributed by atoms with Crippen LogP contribution in [0.15, 0.2) is 48.1 Å². The number of hydrogen-bond donors (Lipinski definition) is 1. The summed E-state index contributed by atoms with van der Waals surface area (Å²) < 4.78 is 0. The lowest BCUT2D eigenvalue weighted by Crippen LogP contribution is -2.37. The molecule has 0 aliphatic carbocycles. The Bertz CT molecular complexity index is 963. The zero-order valence-electron chi connectivity index (χ0n) is 14.6. The quantitative estimate of drug-likeness (QED) is 0.698. The molecule has 0 saturated heterocycles. The van der Waals surface area contributed by atoms with Gasteiger partial charge in [0, 0.05) is 41.9 Å². The van der Waals surface area contributed by atoms with Gasteiger partial charge in [-0.15, -0.1) is 11.3 Å². The molecule has 7 heteroatoms. The standard InChI is InChI=1S/C20H18ClN5S/c21-16-3-1-14(2-4-16)18(12-25-20-17(11-22)23-7-8-24-20)26-9-5-19-15(13-26)6-10-27-19/h1-4,6-8,10,18H,5,9,12-13H2,(H,24,25). The van der Waals surface area contributed by atoms with E-state index in [1.165, 1.54) is 22.2 Å². The number of hydrogen-bond acceptors (Lipinski definition) is 6. The lowest BCUT2D eigenvalue weighted by molar-refractivity contribution is 0.188. The van der Waals surface area contributed by atoms with Crippen LogP contribution >= 0.6 is 22.9 Å². The van der Waals surface area contributed by atoms with Crippen LogP contribution in [-0.4, -0.2) is 28.0 Å². The predicted octanol–water partition coefficient (Wildman–Crippen LogP) is 4.27. The van der Waals surface area contributed by atoms with Crippen molar-refractivity contribution in [2.75, 3.05) is 18.4 Å². The monoisotopic (exact) mass is 395 g/mol. The summed E-state index contributed by atoms with van der Waals surface area (Å²) in [5.74, 6) is 0.521. The van der Waals surface area contributed by atoms with Crippen LogP contribution in [0.2, 0.25) is 5.02 Å². The van der Waals surface area contributed by atoms with Crippen molar-refractivity contribution < 1.29 is 0 Å². The number of nitriles is 1. The zero-order valence-corrected chi connectivity index (χ0v) is 16.2. The Hall–Kier alpha value is -2.46. The van der Waals surface area contributed by atoms with Crippen LogP contribution in [0.4, 0.5) is 5.82 Å². The normalized spacial score (nSPS) is 15.0. The summed E-state index contributed by atoms with van der Waals surface area (Å²) in [5, 5.41) is 15.5. The summed E-state index contributed by atoms with van der Waals surface area (Å²) >= 11 is 7.92. The van der Waals surface area contributed by atoms with Gasteiger partial charge in [0.2, 0.25) is 0 Å². The molecule has 2 aromatic heterocycles. The van der Waals surface area contributed by atoms with Crippen LogP contribution in [0.5, 0.6) is 0 Å². The maximum atomic E-state index is 9.25. The minimum Gasteiger partial charge on any atom is -0.366 e. The van der Waals surface area contributed by atoms with Gasteiger partial charge < -0.3 is 5.32 Å². The Morgan fingerprint density at radius 3 is 2.85 bits per heavy atom. The second kappa shape index (κ2) is 8.05. The van der Waals surface area contributed by atoms with E-state index in [0.717, 1.165) is 24.5 Å². The lowest BCUT2D eigenvalue weighted by Gasteiger charge is -2.35. The van der Waals surface area contributed by atoms with Gasteiger partial charge in [0.1, 0.15) is 6.07 Å². The molecule has 0 bridgehead atoms.